The van der Waals surface area contributed by atoms with Crippen LogP contribution in [0.2, 0.25) is 25.7 Å². The second-order valence-electron chi connectivity index (χ2n) is 9.08. The number of hydrogen-bond donors (Lipinski definition) is 1. The van der Waals surface area contributed by atoms with Crippen LogP contribution in [-0.2, 0) is 23.7 Å². The van der Waals surface area contributed by atoms with E-state index >= 15 is 0 Å². The lowest BCUT2D eigenvalue weighted by atomic mass is 9.91. The average molecular weight is 346 g/mol. The lowest BCUT2D eigenvalue weighted by Crippen LogP contribution is -2.56. The molecule has 3 fully saturated rings. The molecule has 7 heteroatoms. The third kappa shape index (κ3) is 3.38. The van der Waals surface area contributed by atoms with Gasteiger partial charge in [0, 0.05) is 8.07 Å². The van der Waals surface area contributed by atoms with Gasteiger partial charge in [-0.3, -0.25) is 0 Å². The van der Waals surface area contributed by atoms with Gasteiger partial charge < -0.3 is 28.8 Å². The molecule has 0 saturated carbocycles. The van der Waals surface area contributed by atoms with E-state index in [-0.39, 0.29) is 6.10 Å². The first kappa shape index (κ1) is 17.8. The van der Waals surface area contributed by atoms with Crippen molar-refractivity contribution < 1.29 is 28.8 Å². The van der Waals surface area contributed by atoms with Crippen LogP contribution in [0.4, 0.5) is 0 Å². The van der Waals surface area contributed by atoms with E-state index in [2.05, 4.69) is 19.6 Å². The fourth-order valence-corrected chi connectivity index (χ4v) is 6.02. The van der Waals surface area contributed by atoms with Crippen molar-refractivity contribution in [2.24, 2.45) is 0 Å². The minimum Gasteiger partial charge on any atom is -0.384 e. The van der Waals surface area contributed by atoms with Gasteiger partial charge in [-0.25, -0.2) is 0 Å². The molecule has 0 bridgehead atoms. The largest absolute Gasteiger partial charge is 0.384 e. The summed E-state index contributed by atoms with van der Waals surface area (Å²) in [7, 11) is -1.59. The third-order valence-corrected chi connectivity index (χ3v) is 6.13. The maximum atomic E-state index is 11.6. The van der Waals surface area contributed by atoms with E-state index < -0.39 is 43.7 Å². The Balaban J connectivity index is 1.87. The summed E-state index contributed by atoms with van der Waals surface area (Å²) >= 11 is 0. The van der Waals surface area contributed by atoms with Crippen LogP contribution >= 0.6 is 0 Å². The average Bonchev–Trinajstić information content (AvgIpc) is 2.89. The van der Waals surface area contributed by atoms with Gasteiger partial charge in [0.05, 0.1) is 6.61 Å². The molecule has 3 heterocycles. The van der Waals surface area contributed by atoms with Crippen molar-refractivity contribution in [3.63, 3.8) is 0 Å². The van der Waals surface area contributed by atoms with Crippen LogP contribution in [0.25, 0.3) is 0 Å². The highest BCUT2D eigenvalue weighted by atomic mass is 28.3. The van der Waals surface area contributed by atoms with E-state index in [1.165, 1.54) is 0 Å². The van der Waals surface area contributed by atoms with Gasteiger partial charge in [-0.2, -0.15) is 0 Å². The van der Waals surface area contributed by atoms with Crippen molar-refractivity contribution in [2.45, 2.75) is 95.2 Å². The second kappa shape index (κ2) is 5.24. The van der Waals surface area contributed by atoms with Gasteiger partial charge in [-0.1, -0.05) is 19.6 Å². The quantitative estimate of drug-likeness (QED) is 0.789. The van der Waals surface area contributed by atoms with Crippen LogP contribution in [0.1, 0.15) is 27.7 Å². The van der Waals surface area contributed by atoms with Crippen LogP contribution in [0.5, 0.6) is 0 Å². The fraction of sp³-hybridized carbons (Fsp3) is 1.00. The van der Waals surface area contributed by atoms with E-state index in [1.807, 2.05) is 27.7 Å². The molecule has 1 N–H and O–H groups in total. The molecule has 3 saturated heterocycles. The molecule has 0 aromatic rings. The van der Waals surface area contributed by atoms with Crippen LogP contribution in [0.3, 0.4) is 0 Å². The molecule has 3 aliphatic rings. The van der Waals surface area contributed by atoms with E-state index in [0.29, 0.717) is 12.7 Å². The minimum absolute atomic E-state index is 0.327. The van der Waals surface area contributed by atoms with Crippen LogP contribution in [0.15, 0.2) is 0 Å². The summed E-state index contributed by atoms with van der Waals surface area (Å²) in [6, 6.07) is 0.658. The molecule has 134 valence electrons. The topological polar surface area (TPSA) is 66.4 Å². The highest BCUT2D eigenvalue weighted by molar-refractivity contribution is 6.76. The first-order valence-electron chi connectivity index (χ1n) is 8.37. The Morgan fingerprint density at radius 2 is 1.61 bits per heavy atom. The summed E-state index contributed by atoms with van der Waals surface area (Å²) in [6.45, 7) is 14.5. The summed E-state index contributed by atoms with van der Waals surface area (Å²) in [5.41, 5.74) is -1.13. The molecule has 0 amide bonds. The normalized spacial score (nSPS) is 45.4. The van der Waals surface area contributed by atoms with Crippen molar-refractivity contribution in [1.29, 1.82) is 0 Å². The van der Waals surface area contributed by atoms with Crippen LogP contribution in [0, 0.1) is 0 Å². The first-order valence-corrected chi connectivity index (χ1v) is 12.1. The van der Waals surface area contributed by atoms with E-state index in [1.54, 1.807) is 0 Å². The van der Waals surface area contributed by atoms with Crippen LogP contribution < -0.4 is 0 Å². The number of rotatable bonds is 3. The summed E-state index contributed by atoms with van der Waals surface area (Å²) in [4.78, 5) is 0. The number of aliphatic hydroxyl groups is 1. The maximum Gasteiger partial charge on any atom is 0.190 e. The molecule has 0 aliphatic carbocycles. The van der Waals surface area contributed by atoms with Gasteiger partial charge in [0.25, 0.3) is 0 Å². The Labute approximate surface area is 139 Å². The SMILES string of the molecule is CC1(C)OC[C@H]([C@H]2O[C@@H]3OC(C)(C)O[C@@H]3[C@]2(O)C[Si](C)(C)C)O1. The summed E-state index contributed by atoms with van der Waals surface area (Å²) in [6.07, 6.45) is -1.90. The first-order chi connectivity index (χ1) is 10.3. The van der Waals surface area contributed by atoms with E-state index in [9.17, 15) is 5.11 Å². The van der Waals surface area contributed by atoms with Crippen molar-refractivity contribution in [3.05, 3.63) is 0 Å². The molecule has 5 atom stereocenters. The van der Waals surface area contributed by atoms with E-state index in [4.69, 9.17) is 23.7 Å². The van der Waals surface area contributed by atoms with Gasteiger partial charge in [-0.05, 0) is 33.7 Å². The Bertz CT molecular complexity index is 474. The lowest BCUT2D eigenvalue weighted by molar-refractivity contribution is -0.245. The summed E-state index contributed by atoms with van der Waals surface area (Å²) in [5, 5.41) is 11.6. The highest BCUT2D eigenvalue weighted by Gasteiger charge is 2.66. The van der Waals surface area contributed by atoms with Gasteiger partial charge in [0.1, 0.15) is 23.9 Å². The fourth-order valence-electron chi connectivity index (χ4n) is 3.92. The van der Waals surface area contributed by atoms with Gasteiger partial charge >= 0.3 is 0 Å². The molecule has 0 spiro atoms. The Morgan fingerprint density at radius 1 is 0.957 bits per heavy atom. The number of hydrogen-bond acceptors (Lipinski definition) is 6. The van der Waals surface area contributed by atoms with Gasteiger partial charge in [0.15, 0.2) is 17.9 Å². The van der Waals surface area contributed by atoms with E-state index in [0.717, 1.165) is 0 Å². The Morgan fingerprint density at radius 3 is 2.13 bits per heavy atom. The zero-order chi connectivity index (χ0) is 17.3. The lowest BCUT2D eigenvalue weighted by Gasteiger charge is -2.39. The second-order valence-corrected chi connectivity index (χ2v) is 14.6. The minimum atomic E-state index is -1.59. The predicted molar refractivity (Wildman–Crippen MR) is 86.7 cm³/mol. The van der Waals surface area contributed by atoms with Crippen molar-refractivity contribution >= 4 is 8.07 Å². The zero-order valence-electron chi connectivity index (χ0n) is 15.2. The Hall–Kier alpha value is -0.0231. The number of ether oxygens (including phenoxy) is 5. The number of fused-ring (bicyclic) bond motifs is 1. The molecule has 3 aliphatic heterocycles. The molecular formula is C16H30O6Si. The molecule has 0 aromatic heterocycles. The van der Waals surface area contributed by atoms with Gasteiger partial charge in [0.2, 0.25) is 0 Å². The molecule has 3 rings (SSSR count). The molecule has 0 unspecified atom stereocenters. The third-order valence-electron chi connectivity index (χ3n) is 4.51. The van der Waals surface area contributed by atoms with Crippen LogP contribution in [-0.4, -0.2) is 61.6 Å². The highest BCUT2D eigenvalue weighted by Crippen LogP contribution is 2.48. The standard InChI is InChI=1S/C16H30O6Si/c1-14(2)18-8-10(20-14)11-16(17,9-23(5,6)7)12-13(19-11)22-15(3,4)21-12/h10-13,17H,8-9H2,1-7H3/t10-,11-,12+,13-,16+/m1/s1. The molecule has 0 radical (unpaired) electrons. The summed E-state index contributed by atoms with van der Waals surface area (Å²) < 4.78 is 29.5. The summed E-state index contributed by atoms with van der Waals surface area (Å²) in [5.74, 6) is -1.41. The van der Waals surface area contributed by atoms with Crippen molar-refractivity contribution in [3.8, 4) is 0 Å². The van der Waals surface area contributed by atoms with Gasteiger partial charge in [-0.15, -0.1) is 0 Å². The predicted octanol–water partition coefficient (Wildman–Crippen LogP) is 2.08. The van der Waals surface area contributed by atoms with Crippen molar-refractivity contribution in [2.75, 3.05) is 6.61 Å². The molecule has 23 heavy (non-hydrogen) atoms. The Kier molecular flexibility index (Phi) is 4.05. The van der Waals surface area contributed by atoms with Crippen molar-refractivity contribution in [1.82, 2.24) is 0 Å². The molecule has 6 nitrogen and oxygen atoms in total. The zero-order valence-corrected chi connectivity index (χ0v) is 16.2. The monoisotopic (exact) mass is 346 g/mol. The smallest absolute Gasteiger partial charge is 0.190 e. The maximum absolute atomic E-state index is 11.6. The molecule has 0 aromatic carbocycles. The molecular weight excluding hydrogens is 316 g/mol.